The Morgan fingerprint density at radius 3 is 1.69 bits per heavy atom. The third kappa shape index (κ3) is 9.53. The van der Waals surface area contributed by atoms with Crippen LogP contribution in [0.5, 0.6) is 0 Å². The number of benzene rings is 1. The predicted molar refractivity (Wildman–Crippen MR) is 57.9 cm³/mol. The lowest BCUT2D eigenvalue weighted by Crippen LogP contribution is -1.96. The Labute approximate surface area is 88.0 Å². The molecule has 13 heavy (non-hydrogen) atoms. The maximum Gasteiger partial charge on any atom is 0.0696 e. The van der Waals surface area contributed by atoms with E-state index in [1.165, 1.54) is 0 Å². The van der Waals surface area contributed by atoms with Crippen molar-refractivity contribution in [3.63, 3.8) is 0 Å². The molecular weight excluding hydrogens is 232 g/mol. The summed E-state index contributed by atoms with van der Waals surface area (Å²) in [7, 11) is 3.30. The summed E-state index contributed by atoms with van der Waals surface area (Å²) in [6, 6.07) is 9.97. The molecule has 1 aromatic rings. The number of ether oxygens (including phenoxy) is 2. The van der Waals surface area contributed by atoms with Gasteiger partial charge in [-0.15, -0.1) is 0 Å². The molecule has 0 saturated carbocycles. The Hall–Kier alpha value is -0.380. The molecule has 0 aliphatic carbocycles. The number of halogens is 1. The number of methoxy groups -OCH3 is 2. The van der Waals surface area contributed by atoms with Crippen LogP contribution >= 0.6 is 15.9 Å². The SMILES string of the molecule is Brc1ccccc1.COCCOC. The summed E-state index contributed by atoms with van der Waals surface area (Å²) in [6.45, 7) is 1.38. The molecule has 0 fully saturated rings. The van der Waals surface area contributed by atoms with Crippen LogP contribution in [-0.4, -0.2) is 27.4 Å². The normalized spacial score (nSPS) is 8.85. The quantitative estimate of drug-likeness (QED) is 0.764. The number of hydrogen-bond acceptors (Lipinski definition) is 2. The van der Waals surface area contributed by atoms with Gasteiger partial charge in [0.25, 0.3) is 0 Å². The summed E-state index contributed by atoms with van der Waals surface area (Å²) < 4.78 is 10.4. The summed E-state index contributed by atoms with van der Waals surface area (Å²) in [5.74, 6) is 0. The maximum atomic E-state index is 4.66. The summed E-state index contributed by atoms with van der Waals surface area (Å²) in [6.07, 6.45) is 0. The Balaban J connectivity index is 0.000000226. The van der Waals surface area contributed by atoms with Gasteiger partial charge >= 0.3 is 0 Å². The van der Waals surface area contributed by atoms with Gasteiger partial charge in [0, 0.05) is 18.7 Å². The molecule has 3 heteroatoms. The van der Waals surface area contributed by atoms with Gasteiger partial charge in [0.2, 0.25) is 0 Å². The predicted octanol–water partition coefficient (Wildman–Crippen LogP) is 2.73. The highest BCUT2D eigenvalue weighted by Crippen LogP contribution is 2.05. The first-order valence-corrected chi connectivity index (χ1v) is 4.79. The van der Waals surface area contributed by atoms with Crippen LogP contribution in [0.4, 0.5) is 0 Å². The lowest BCUT2D eigenvalue weighted by Gasteiger charge is -1.91. The zero-order valence-corrected chi connectivity index (χ0v) is 9.58. The van der Waals surface area contributed by atoms with E-state index in [9.17, 15) is 0 Å². The smallest absolute Gasteiger partial charge is 0.0696 e. The van der Waals surface area contributed by atoms with Gasteiger partial charge in [-0.05, 0) is 12.1 Å². The van der Waals surface area contributed by atoms with Gasteiger partial charge in [-0.3, -0.25) is 0 Å². The van der Waals surface area contributed by atoms with Crippen LogP contribution in [0.15, 0.2) is 34.8 Å². The van der Waals surface area contributed by atoms with E-state index in [1.54, 1.807) is 14.2 Å². The second-order valence-electron chi connectivity index (χ2n) is 2.28. The fraction of sp³-hybridized carbons (Fsp3) is 0.400. The molecule has 0 aliphatic rings. The third-order valence-electron chi connectivity index (χ3n) is 1.22. The van der Waals surface area contributed by atoms with Crippen molar-refractivity contribution < 1.29 is 9.47 Å². The fourth-order valence-electron chi connectivity index (χ4n) is 0.581. The standard InChI is InChI=1S/C6H5Br.C4H10O2/c7-6-4-2-1-3-5-6;1-5-3-4-6-2/h1-5H;3-4H2,1-2H3. The average Bonchev–Trinajstić information content (AvgIpc) is 2.17. The van der Waals surface area contributed by atoms with Crippen LogP contribution < -0.4 is 0 Å². The zero-order valence-electron chi connectivity index (χ0n) is 8.00. The molecule has 0 saturated heterocycles. The Kier molecular flexibility index (Phi) is 9.42. The molecule has 0 unspecified atom stereocenters. The third-order valence-corrected chi connectivity index (χ3v) is 1.75. The van der Waals surface area contributed by atoms with Gasteiger partial charge in [0.15, 0.2) is 0 Å². The van der Waals surface area contributed by atoms with Crippen LogP contribution in [0.3, 0.4) is 0 Å². The molecule has 0 radical (unpaired) electrons. The van der Waals surface area contributed by atoms with Crippen molar-refractivity contribution >= 4 is 15.9 Å². The van der Waals surface area contributed by atoms with Crippen molar-refractivity contribution in [3.8, 4) is 0 Å². The van der Waals surface area contributed by atoms with Crippen molar-refractivity contribution in [2.45, 2.75) is 0 Å². The summed E-state index contributed by atoms with van der Waals surface area (Å²) >= 11 is 3.31. The molecule has 0 aliphatic heterocycles. The van der Waals surface area contributed by atoms with Gasteiger partial charge in [0.1, 0.15) is 0 Å². The second kappa shape index (κ2) is 9.71. The van der Waals surface area contributed by atoms with Crippen molar-refractivity contribution in [1.29, 1.82) is 0 Å². The van der Waals surface area contributed by atoms with E-state index in [4.69, 9.17) is 0 Å². The molecule has 0 atom stereocenters. The van der Waals surface area contributed by atoms with E-state index in [-0.39, 0.29) is 0 Å². The van der Waals surface area contributed by atoms with Crippen LogP contribution in [0.1, 0.15) is 0 Å². The molecule has 2 nitrogen and oxygen atoms in total. The highest BCUT2D eigenvalue weighted by Gasteiger charge is 1.74. The molecule has 0 heterocycles. The van der Waals surface area contributed by atoms with Crippen LogP contribution in [0, 0.1) is 0 Å². The van der Waals surface area contributed by atoms with E-state index < -0.39 is 0 Å². The molecule has 74 valence electrons. The molecule has 0 spiro atoms. The molecular formula is C10H15BrO2. The second-order valence-corrected chi connectivity index (χ2v) is 3.20. The molecule has 1 rings (SSSR count). The van der Waals surface area contributed by atoms with Crippen molar-refractivity contribution in [1.82, 2.24) is 0 Å². The van der Waals surface area contributed by atoms with Gasteiger partial charge in [-0.1, -0.05) is 34.1 Å². The number of hydrogen-bond donors (Lipinski definition) is 0. The van der Waals surface area contributed by atoms with Gasteiger partial charge in [0.05, 0.1) is 13.2 Å². The largest absolute Gasteiger partial charge is 0.382 e. The van der Waals surface area contributed by atoms with Crippen molar-refractivity contribution in [3.05, 3.63) is 34.8 Å². The highest BCUT2D eigenvalue weighted by atomic mass is 79.9. The minimum atomic E-state index is 0.691. The van der Waals surface area contributed by atoms with E-state index in [2.05, 4.69) is 25.4 Å². The first-order valence-electron chi connectivity index (χ1n) is 3.99. The van der Waals surface area contributed by atoms with Crippen LogP contribution in [0.2, 0.25) is 0 Å². The van der Waals surface area contributed by atoms with Crippen LogP contribution in [0.25, 0.3) is 0 Å². The molecule has 1 aromatic carbocycles. The lowest BCUT2D eigenvalue weighted by atomic mass is 10.4. The first kappa shape index (κ1) is 12.6. The molecule has 0 N–H and O–H groups in total. The average molecular weight is 247 g/mol. The number of rotatable bonds is 3. The fourth-order valence-corrected chi connectivity index (χ4v) is 0.887. The molecule has 0 amide bonds. The Bertz CT molecular complexity index is 185. The first-order chi connectivity index (χ1) is 6.31. The van der Waals surface area contributed by atoms with Gasteiger partial charge < -0.3 is 9.47 Å². The monoisotopic (exact) mass is 246 g/mol. The van der Waals surface area contributed by atoms with E-state index in [0.717, 1.165) is 4.47 Å². The minimum Gasteiger partial charge on any atom is -0.382 e. The Morgan fingerprint density at radius 2 is 1.46 bits per heavy atom. The van der Waals surface area contributed by atoms with Gasteiger partial charge in [-0.25, -0.2) is 0 Å². The highest BCUT2D eigenvalue weighted by molar-refractivity contribution is 9.10. The van der Waals surface area contributed by atoms with E-state index in [1.807, 2.05) is 30.3 Å². The van der Waals surface area contributed by atoms with E-state index in [0.29, 0.717) is 13.2 Å². The summed E-state index contributed by atoms with van der Waals surface area (Å²) in [4.78, 5) is 0. The summed E-state index contributed by atoms with van der Waals surface area (Å²) in [5, 5.41) is 0. The molecule has 0 bridgehead atoms. The van der Waals surface area contributed by atoms with Gasteiger partial charge in [-0.2, -0.15) is 0 Å². The van der Waals surface area contributed by atoms with Crippen molar-refractivity contribution in [2.24, 2.45) is 0 Å². The zero-order chi connectivity index (χ0) is 9.94. The minimum absolute atomic E-state index is 0.691. The van der Waals surface area contributed by atoms with Crippen LogP contribution in [-0.2, 0) is 9.47 Å². The van der Waals surface area contributed by atoms with E-state index >= 15 is 0 Å². The topological polar surface area (TPSA) is 18.5 Å². The molecule has 0 aromatic heterocycles. The Morgan fingerprint density at radius 1 is 1.00 bits per heavy atom. The lowest BCUT2D eigenvalue weighted by molar-refractivity contribution is 0.103. The van der Waals surface area contributed by atoms with Crippen molar-refractivity contribution in [2.75, 3.05) is 27.4 Å². The summed E-state index contributed by atoms with van der Waals surface area (Å²) in [5.41, 5.74) is 0. The maximum absolute atomic E-state index is 4.66.